The maximum absolute atomic E-state index is 12.6. The lowest BCUT2D eigenvalue weighted by atomic mass is 10.2. The Bertz CT molecular complexity index is 672. The largest absolute Gasteiger partial charge is 0.433 e. The molecule has 0 radical (unpaired) electrons. The fourth-order valence-electron chi connectivity index (χ4n) is 1.56. The number of nitrogens with zero attached hydrogens (tertiary/aromatic N) is 3. The van der Waals surface area contributed by atoms with Crippen molar-refractivity contribution in [2.75, 3.05) is 5.32 Å². The van der Waals surface area contributed by atoms with E-state index >= 15 is 0 Å². The first-order valence-corrected chi connectivity index (χ1v) is 6.51. The van der Waals surface area contributed by atoms with Gasteiger partial charge in [-0.05, 0) is 13.0 Å². The summed E-state index contributed by atoms with van der Waals surface area (Å²) in [4.78, 5) is 17.9. The van der Waals surface area contributed by atoms with E-state index in [0.29, 0.717) is 12.3 Å². The van der Waals surface area contributed by atoms with Gasteiger partial charge >= 0.3 is 11.9 Å². The van der Waals surface area contributed by atoms with Gasteiger partial charge in [0.25, 0.3) is 0 Å². The van der Waals surface area contributed by atoms with Gasteiger partial charge in [0.1, 0.15) is 17.6 Å². The number of alkyl halides is 3. The zero-order valence-electron chi connectivity index (χ0n) is 10.6. The van der Waals surface area contributed by atoms with E-state index in [4.69, 9.17) is 0 Å². The summed E-state index contributed by atoms with van der Waals surface area (Å²) in [6.45, 7) is 1.90. The third-order valence-electron chi connectivity index (χ3n) is 2.65. The molecule has 0 saturated carbocycles. The van der Waals surface area contributed by atoms with Crippen molar-refractivity contribution in [2.45, 2.75) is 19.6 Å². The molecule has 112 valence electrons. The van der Waals surface area contributed by atoms with E-state index in [1.165, 1.54) is 11.3 Å². The van der Waals surface area contributed by atoms with Crippen LogP contribution in [0.3, 0.4) is 0 Å². The Morgan fingerprint density at radius 1 is 1.43 bits per heavy atom. The second-order valence-electron chi connectivity index (χ2n) is 4.06. The molecule has 0 atom stereocenters. The lowest BCUT2D eigenvalue weighted by Crippen LogP contribution is -2.10. The van der Waals surface area contributed by atoms with Crippen molar-refractivity contribution >= 4 is 22.7 Å². The number of hydrogen-bond acceptors (Lipinski definition) is 6. The van der Waals surface area contributed by atoms with Gasteiger partial charge in [-0.3, -0.25) is 10.1 Å². The fraction of sp³-hybridized carbons (Fsp3) is 0.273. The Morgan fingerprint density at radius 3 is 2.67 bits per heavy atom. The van der Waals surface area contributed by atoms with Gasteiger partial charge in [-0.15, -0.1) is 11.3 Å². The highest BCUT2D eigenvalue weighted by Crippen LogP contribution is 2.33. The maximum Gasteiger partial charge on any atom is 0.433 e. The molecule has 0 aliphatic rings. The van der Waals surface area contributed by atoms with Gasteiger partial charge < -0.3 is 5.32 Å². The molecular weight excluding hydrogens is 309 g/mol. The quantitative estimate of drug-likeness (QED) is 0.690. The molecular formula is C11H9F3N4O2S. The molecule has 2 aromatic rings. The number of thiazole rings is 1. The zero-order chi connectivity index (χ0) is 15.6. The predicted molar refractivity (Wildman–Crippen MR) is 70.1 cm³/mol. The summed E-state index contributed by atoms with van der Waals surface area (Å²) in [5.41, 5.74) is 0.395. The van der Waals surface area contributed by atoms with Crippen LogP contribution >= 0.6 is 11.3 Å². The molecule has 2 heterocycles. The van der Waals surface area contributed by atoms with Crippen molar-refractivity contribution in [1.82, 2.24) is 9.97 Å². The summed E-state index contributed by atoms with van der Waals surface area (Å²) >= 11 is 1.31. The maximum atomic E-state index is 12.6. The molecule has 0 spiro atoms. The van der Waals surface area contributed by atoms with Crippen LogP contribution in [0.5, 0.6) is 0 Å². The summed E-state index contributed by atoms with van der Waals surface area (Å²) in [6.07, 6.45) is -4.06. The van der Waals surface area contributed by atoms with Crippen LogP contribution in [0, 0.1) is 17.0 Å². The van der Waals surface area contributed by atoms with Gasteiger partial charge in [-0.25, -0.2) is 9.97 Å². The third-order valence-corrected chi connectivity index (χ3v) is 3.59. The highest BCUT2D eigenvalue weighted by atomic mass is 32.1. The summed E-state index contributed by atoms with van der Waals surface area (Å²) in [5, 5.41) is 13.5. The number of nitrogens with one attached hydrogen (secondary N) is 1. The number of rotatable bonds is 4. The van der Waals surface area contributed by atoms with Crippen LogP contribution in [0.4, 0.5) is 24.5 Å². The van der Waals surface area contributed by atoms with Crippen LogP contribution in [0.15, 0.2) is 17.8 Å². The average molecular weight is 318 g/mol. The van der Waals surface area contributed by atoms with E-state index in [9.17, 15) is 23.3 Å². The lowest BCUT2D eigenvalue weighted by molar-refractivity contribution is -0.384. The summed E-state index contributed by atoms with van der Waals surface area (Å²) in [6, 6.07) is 0.633. The Balaban J connectivity index is 2.31. The lowest BCUT2D eigenvalue weighted by Gasteiger charge is -2.10. The number of pyridine rings is 1. The van der Waals surface area contributed by atoms with Crippen molar-refractivity contribution in [1.29, 1.82) is 0 Å². The second-order valence-corrected chi connectivity index (χ2v) is 5.00. The molecule has 10 heteroatoms. The van der Waals surface area contributed by atoms with Crippen molar-refractivity contribution < 1.29 is 18.1 Å². The smallest absolute Gasteiger partial charge is 0.374 e. The van der Waals surface area contributed by atoms with E-state index in [2.05, 4.69) is 15.3 Å². The summed E-state index contributed by atoms with van der Waals surface area (Å²) in [5.74, 6) is 0. The van der Waals surface area contributed by atoms with Crippen LogP contribution in [-0.4, -0.2) is 14.9 Å². The second kappa shape index (κ2) is 5.64. The minimum atomic E-state index is -4.66. The molecule has 0 aliphatic heterocycles. The molecule has 21 heavy (non-hydrogen) atoms. The van der Waals surface area contributed by atoms with E-state index in [1.54, 1.807) is 12.4 Å². The minimum absolute atomic E-state index is 0.151. The Kier molecular flexibility index (Phi) is 4.07. The first-order valence-electron chi connectivity index (χ1n) is 5.63. The van der Waals surface area contributed by atoms with Crippen LogP contribution in [0.2, 0.25) is 0 Å². The van der Waals surface area contributed by atoms with E-state index in [0.717, 1.165) is 10.6 Å². The molecule has 1 N–H and O–H groups in total. The number of nitro groups is 1. The molecule has 0 saturated heterocycles. The number of anilines is 1. The number of halogens is 3. The fourth-order valence-corrected chi connectivity index (χ4v) is 2.28. The first-order chi connectivity index (χ1) is 9.79. The molecule has 2 aromatic heterocycles. The number of aryl methyl sites for hydroxylation is 1. The van der Waals surface area contributed by atoms with Gasteiger partial charge in [0, 0.05) is 4.88 Å². The van der Waals surface area contributed by atoms with E-state index in [1.807, 2.05) is 0 Å². The van der Waals surface area contributed by atoms with Gasteiger partial charge in [-0.2, -0.15) is 13.2 Å². The zero-order valence-corrected chi connectivity index (χ0v) is 11.5. The monoisotopic (exact) mass is 318 g/mol. The van der Waals surface area contributed by atoms with Gasteiger partial charge in [0.2, 0.25) is 0 Å². The molecule has 0 unspecified atom stereocenters. The highest BCUT2D eigenvalue weighted by molar-refractivity contribution is 7.09. The van der Waals surface area contributed by atoms with Crippen LogP contribution in [0.1, 0.15) is 16.3 Å². The van der Waals surface area contributed by atoms with Crippen molar-refractivity contribution in [2.24, 2.45) is 0 Å². The SMILES string of the molecule is Cc1ncsc1CNc1cc(C(F)(F)F)ncc1[N+](=O)[O-]. The Hall–Kier alpha value is -2.23. The molecule has 0 fully saturated rings. The number of aromatic nitrogens is 2. The normalized spacial score (nSPS) is 11.4. The number of hydrogen-bond donors (Lipinski definition) is 1. The van der Waals surface area contributed by atoms with E-state index < -0.39 is 22.5 Å². The van der Waals surface area contributed by atoms with Crippen LogP contribution in [0.25, 0.3) is 0 Å². The summed E-state index contributed by atoms with van der Waals surface area (Å²) in [7, 11) is 0. The van der Waals surface area contributed by atoms with Crippen molar-refractivity contribution in [3.63, 3.8) is 0 Å². The average Bonchev–Trinajstić information content (AvgIpc) is 2.80. The predicted octanol–water partition coefficient (Wildman–Crippen LogP) is 3.39. The van der Waals surface area contributed by atoms with Crippen molar-refractivity contribution in [3.8, 4) is 0 Å². The standard InChI is InChI=1S/C11H9F3N4O2S/c1-6-9(21-5-17-6)4-15-7-2-10(11(12,13)14)16-3-8(7)18(19)20/h2-3,5H,4H2,1H3,(H,15,16). The molecule has 0 amide bonds. The molecule has 0 aromatic carbocycles. The van der Waals surface area contributed by atoms with Gasteiger partial charge in [0.05, 0.1) is 22.7 Å². The van der Waals surface area contributed by atoms with Crippen LogP contribution < -0.4 is 5.32 Å². The Labute approximate surface area is 120 Å². The Morgan fingerprint density at radius 2 is 2.14 bits per heavy atom. The van der Waals surface area contributed by atoms with Crippen molar-refractivity contribution in [3.05, 3.63) is 44.2 Å². The summed E-state index contributed by atoms with van der Waals surface area (Å²) < 4.78 is 37.8. The van der Waals surface area contributed by atoms with Gasteiger partial charge in [0.15, 0.2) is 0 Å². The molecule has 6 nitrogen and oxygen atoms in total. The topological polar surface area (TPSA) is 81.0 Å². The molecule has 0 aliphatic carbocycles. The minimum Gasteiger partial charge on any atom is -0.374 e. The van der Waals surface area contributed by atoms with Gasteiger partial charge in [-0.1, -0.05) is 0 Å². The highest BCUT2D eigenvalue weighted by Gasteiger charge is 2.34. The first kappa shape index (κ1) is 15.2. The van der Waals surface area contributed by atoms with E-state index in [-0.39, 0.29) is 12.2 Å². The molecule has 0 bridgehead atoms. The van der Waals surface area contributed by atoms with Crippen LogP contribution in [-0.2, 0) is 12.7 Å². The third kappa shape index (κ3) is 3.45. The molecule has 2 rings (SSSR count).